The molecule has 4 rings (SSSR count). The minimum absolute atomic E-state index is 0.744. The summed E-state index contributed by atoms with van der Waals surface area (Å²) >= 11 is 0. The number of hydrogen-bond acceptors (Lipinski definition) is 4. The zero-order valence-corrected chi connectivity index (χ0v) is 9.22. The summed E-state index contributed by atoms with van der Waals surface area (Å²) in [4.78, 5) is 16.5. The van der Waals surface area contributed by atoms with Gasteiger partial charge in [0.25, 0.3) is 0 Å². The first-order chi connectivity index (χ1) is 8.92. The summed E-state index contributed by atoms with van der Waals surface area (Å²) in [6, 6.07) is 0. The van der Waals surface area contributed by atoms with Crippen molar-refractivity contribution in [2.45, 2.75) is 0 Å². The Morgan fingerprint density at radius 2 is 1.89 bits per heavy atom. The molecule has 0 radical (unpaired) electrons. The molecule has 0 aromatic carbocycles. The summed E-state index contributed by atoms with van der Waals surface area (Å²) in [6.07, 6.45) is 12.3. The van der Waals surface area contributed by atoms with E-state index in [1.165, 1.54) is 6.33 Å². The van der Waals surface area contributed by atoms with Crippen LogP contribution in [-0.2, 0) is 0 Å². The average molecular weight is 238 g/mol. The number of nitrogens with one attached hydrogen (secondary N) is 1. The lowest BCUT2D eigenvalue weighted by atomic mass is 10.2. The maximum Gasteiger partial charge on any atom is 0.244 e. The molecule has 0 bridgehead atoms. The van der Waals surface area contributed by atoms with Gasteiger partial charge in [0.1, 0.15) is 6.33 Å². The molecule has 0 amide bonds. The van der Waals surface area contributed by atoms with Crippen molar-refractivity contribution in [1.29, 1.82) is 0 Å². The van der Waals surface area contributed by atoms with Crippen molar-refractivity contribution in [3.63, 3.8) is 0 Å². The number of aromatic nitrogens is 7. The second kappa shape index (κ2) is 3.33. The molecule has 0 aliphatic carbocycles. The van der Waals surface area contributed by atoms with Gasteiger partial charge < -0.3 is 0 Å². The molecule has 0 unspecified atom stereocenters. The van der Waals surface area contributed by atoms with Crippen LogP contribution in [0.1, 0.15) is 0 Å². The fourth-order valence-electron chi connectivity index (χ4n) is 1.95. The van der Waals surface area contributed by atoms with Crippen LogP contribution in [0.15, 0.2) is 43.5 Å². The molecule has 18 heavy (non-hydrogen) atoms. The molecule has 4 aromatic rings. The van der Waals surface area contributed by atoms with E-state index in [0.29, 0.717) is 0 Å². The molecule has 7 heteroatoms. The molecule has 1 N–H and O–H groups in total. The molecule has 0 atom stereocenters. The lowest BCUT2D eigenvalue weighted by molar-refractivity contribution is -0.669. The molecule has 4 heterocycles. The summed E-state index contributed by atoms with van der Waals surface area (Å²) in [5.74, 6) is 0. The van der Waals surface area contributed by atoms with Gasteiger partial charge in [0.2, 0.25) is 17.5 Å². The van der Waals surface area contributed by atoms with E-state index >= 15 is 0 Å². The number of hydrogen-bond donors (Lipinski definition) is 1. The monoisotopic (exact) mass is 238 g/mol. The minimum Gasteiger partial charge on any atom is -0.244 e. The van der Waals surface area contributed by atoms with Crippen LogP contribution in [0.5, 0.6) is 0 Å². The van der Waals surface area contributed by atoms with Crippen LogP contribution in [0.3, 0.4) is 0 Å². The van der Waals surface area contributed by atoms with Gasteiger partial charge in [-0.15, -0.1) is 5.10 Å². The van der Waals surface area contributed by atoms with Crippen LogP contribution >= 0.6 is 0 Å². The minimum atomic E-state index is 0.744. The number of rotatable bonds is 1. The van der Waals surface area contributed by atoms with E-state index in [1.54, 1.807) is 24.8 Å². The van der Waals surface area contributed by atoms with E-state index < -0.39 is 0 Å². The van der Waals surface area contributed by atoms with Gasteiger partial charge in [-0.2, -0.15) is 0 Å². The molecule has 86 valence electrons. The Morgan fingerprint density at radius 3 is 2.78 bits per heavy atom. The third-order valence-corrected chi connectivity index (χ3v) is 2.77. The van der Waals surface area contributed by atoms with Gasteiger partial charge in [-0.05, 0) is 0 Å². The standard InChI is InChI=1S/C11H8N7/c1-2-15-11-10(14-1)16-18-6-9(5-17(11)18)8-3-12-7-13-4-8/h1-7H,(H,14,16)/q+1. The first-order valence-electron chi connectivity index (χ1n) is 5.40. The Balaban J connectivity index is 2.00. The van der Waals surface area contributed by atoms with Crippen LogP contribution in [0.25, 0.3) is 22.4 Å². The van der Waals surface area contributed by atoms with Crippen LogP contribution < -0.4 is 4.63 Å². The number of aromatic amines is 1. The van der Waals surface area contributed by atoms with E-state index in [-0.39, 0.29) is 0 Å². The van der Waals surface area contributed by atoms with Crippen LogP contribution in [0.4, 0.5) is 0 Å². The van der Waals surface area contributed by atoms with Crippen LogP contribution in [-0.4, -0.2) is 29.5 Å². The second-order valence-electron chi connectivity index (χ2n) is 3.87. The molecule has 4 aromatic heterocycles. The number of nitrogens with zero attached hydrogens (tertiary/aromatic N) is 6. The normalized spacial score (nSPS) is 11.3. The van der Waals surface area contributed by atoms with Gasteiger partial charge >= 0.3 is 0 Å². The number of fused-ring (bicyclic) bond motifs is 3. The lowest BCUT2D eigenvalue weighted by Gasteiger charge is -1.89. The third kappa shape index (κ3) is 1.21. The zero-order chi connectivity index (χ0) is 11.9. The zero-order valence-electron chi connectivity index (χ0n) is 9.22. The average Bonchev–Trinajstić information content (AvgIpc) is 2.97. The topological polar surface area (TPSA) is 75.9 Å². The highest BCUT2D eigenvalue weighted by Crippen LogP contribution is 2.15. The summed E-state index contributed by atoms with van der Waals surface area (Å²) in [7, 11) is 0. The predicted molar refractivity (Wildman–Crippen MR) is 61.5 cm³/mol. The predicted octanol–water partition coefficient (Wildman–Crippen LogP) is 0.253. The maximum atomic E-state index is 4.29. The largest absolute Gasteiger partial charge is 0.244 e. The summed E-state index contributed by atoms with van der Waals surface area (Å²) < 4.78 is 3.72. The van der Waals surface area contributed by atoms with E-state index in [4.69, 9.17) is 0 Å². The van der Waals surface area contributed by atoms with Crippen molar-refractivity contribution in [3.05, 3.63) is 43.5 Å². The van der Waals surface area contributed by atoms with Crippen molar-refractivity contribution in [1.82, 2.24) is 29.5 Å². The summed E-state index contributed by atoms with van der Waals surface area (Å²) in [5.41, 5.74) is 3.49. The van der Waals surface area contributed by atoms with E-state index in [1.807, 2.05) is 21.5 Å². The lowest BCUT2D eigenvalue weighted by Crippen LogP contribution is -2.26. The Bertz CT molecular complexity index is 830. The summed E-state index contributed by atoms with van der Waals surface area (Å²) in [6.45, 7) is 0. The van der Waals surface area contributed by atoms with Crippen molar-refractivity contribution in [2.75, 3.05) is 0 Å². The number of H-pyrrole nitrogens is 1. The van der Waals surface area contributed by atoms with Crippen LogP contribution in [0.2, 0.25) is 0 Å². The molecule has 0 saturated carbocycles. The molecule has 0 spiro atoms. The molecular weight excluding hydrogens is 230 g/mol. The van der Waals surface area contributed by atoms with Crippen molar-refractivity contribution >= 4 is 11.3 Å². The van der Waals surface area contributed by atoms with E-state index in [2.05, 4.69) is 25.0 Å². The first-order valence-corrected chi connectivity index (χ1v) is 5.40. The first kappa shape index (κ1) is 9.23. The van der Waals surface area contributed by atoms with Gasteiger partial charge in [0.05, 0.1) is 11.8 Å². The molecule has 0 aliphatic rings. The third-order valence-electron chi connectivity index (χ3n) is 2.77. The molecule has 0 aliphatic heterocycles. The van der Waals surface area contributed by atoms with Gasteiger partial charge in [-0.3, -0.25) is 0 Å². The maximum absolute atomic E-state index is 4.29. The van der Waals surface area contributed by atoms with E-state index in [9.17, 15) is 0 Å². The van der Waals surface area contributed by atoms with Gasteiger partial charge in [0.15, 0.2) is 0 Å². The van der Waals surface area contributed by atoms with Crippen molar-refractivity contribution < 1.29 is 4.63 Å². The van der Waals surface area contributed by atoms with Crippen molar-refractivity contribution in [2.24, 2.45) is 0 Å². The van der Waals surface area contributed by atoms with Gasteiger partial charge in [-0.1, -0.05) is 4.52 Å². The Hall–Kier alpha value is -2.83. The highest BCUT2D eigenvalue weighted by Gasteiger charge is 2.16. The highest BCUT2D eigenvalue weighted by atomic mass is 15.5. The second-order valence-corrected chi connectivity index (χ2v) is 3.87. The smallest absolute Gasteiger partial charge is 0.244 e. The Morgan fingerprint density at radius 1 is 1.06 bits per heavy atom. The van der Waals surface area contributed by atoms with E-state index in [0.717, 1.165) is 22.4 Å². The fraction of sp³-hybridized carbons (Fsp3) is 0. The molecule has 0 fully saturated rings. The highest BCUT2D eigenvalue weighted by molar-refractivity contribution is 5.65. The van der Waals surface area contributed by atoms with Gasteiger partial charge in [0, 0.05) is 35.0 Å². The molecule has 0 saturated heterocycles. The molecule has 7 nitrogen and oxygen atoms in total. The van der Waals surface area contributed by atoms with Crippen LogP contribution in [0, 0.1) is 0 Å². The summed E-state index contributed by atoms with van der Waals surface area (Å²) in [5, 5.41) is 3.13. The Kier molecular flexibility index (Phi) is 1.71. The van der Waals surface area contributed by atoms with Gasteiger partial charge in [-0.25, -0.2) is 19.9 Å². The molecular formula is C11H8N7+. The Labute approximate surface area is 101 Å². The SMILES string of the molecule is c1ncc(-c2cn3c4nccnc4[nH][n+]3c2)cn1. The van der Waals surface area contributed by atoms with Crippen molar-refractivity contribution in [3.8, 4) is 11.1 Å². The fourth-order valence-corrected chi connectivity index (χ4v) is 1.95. The quantitative estimate of drug-likeness (QED) is 0.482.